The molecule has 6 rings (SSSR count). The van der Waals surface area contributed by atoms with Crippen LogP contribution in [0.2, 0.25) is 18.6 Å². The van der Waals surface area contributed by atoms with Gasteiger partial charge < -0.3 is 0 Å². The van der Waals surface area contributed by atoms with Gasteiger partial charge in [-0.05, 0) is 75.4 Å². The lowest BCUT2D eigenvalue weighted by atomic mass is 9.83. The lowest BCUT2D eigenvalue weighted by molar-refractivity contribution is 1.00. The number of benzene rings is 3. The van der Waals surface area contributed by atoms with Gasteiger partial charge in [-0.15, -0.1) is 0 Å². The van der Waals surface area contributed by atoms with Crippen molar-refractivity contribution < 1.29 is 0 Å². The van der Waals surface area contributed by atoms with Crippen LogP contribution in [0.1, 0.15) is 34.7 Å². The molecule has 0 bridgehead atoms. The Labute approximate surface area is 169 Å². The molecule has 28 heavy (non-hydrogen) atoms. The fourth-order valence-electron chi connectivity index (χ4n) is 6.16. The molecule has 2 atom stereocenters. The summed E-state index contributed by atoms with van der Waals surface area (Å²) in [6.45, 7) is 7.51. The number of hydrogen-bond donors (Lipinski definition) is 0. The molecule has 0 N–H and O–H groups in total. The Morgan fingerprint density at radius 2 is 1.39 bits per heavy atom. The van der Waals surface area contributed by atoms with E-state index >= 15 is 0 Å². The minimum Gasteiger partial charge on any atom is -0.0687 e. The van der Waals surface area contributed by atoms with Gasteiger partial charge in [0.1, 0.15) is 0 Å². The molecule has 138 valence electrons. The van der Waals surface area contributed by atoms with Gasteiger partial charge in [-0.25, -0.2) is 0 Å². The van der Waals surface area contributed by atoms with Crippen molar-refractivity contribution in [2.45, 2.75) is 43.9 Å². The van der Waals surface area contributed by atoms with E-state index in [4.69, 9.17) is 0 Å². The van der Waals surface area contributed by atoms with E-state index in [9.17, 15) is 0 Å². The highest BCUT2D eigenvalue weighted by Crippen LogP contribution is 2.70. The molecule has 0 spiro atoms. The van der Waals surface area contributed by atoms with Crippen molar-refractivity contribution in [2.24, 2.45) is 0 Å². The molecule has 3 aromatic carbocycles. The van der Waals surface area contributed by atoms with Gasteiger partial charge in [-0.3, -0.25) is 0 Å². The average molecular weight is 379 g/mol. The van der Waals surface area contributed by atoms with E-state index in [1.807, 2.05) is 0 Å². The van der Waals surface area contributed by atoms with Crippen molar-refractivity contribution in [3.8, 4) is 22.3 Å². The Balaban J connectivity index is 1.73. The molecule has 0 radical (unpaired) electrons. The summed E-state index contributed by atoms with van der Waals surface area (Å²) in [4.78, 5) is 0. The Morgan fingerprint density at radius 1 is 0.786 bits per heavy atom. The van der Waals surface area contributed by atoms with E-state index < -0.39 is 8.07 Å². The third-order valence-electron chi connectivity index (χ3n) is 7.55. The van der Waals surface area contributed by atoms with Gasteiger partial charge in [0.05, 0.1) is 8.07 Å². The molecule has 0 nitrogen and oxygen atoms in total. The van der Waals surface area contributed by atoms with Crippen LogP contribution < -0.4 is 0 Å². The van der Waals surface area contributed by atoms with Crippen LogP contribution in [-0.2, 0) is 12.8 Å². The number of fused-ring (bicyclic) bond motifs is 4. The summed E-state index contributed by atoms with van der Waals surface area (Å²) in [7, 11) is -1.12. The van der Waals surface area contributed by atoms with E-state index in [1.54, 1.807) is 27.8 Å². The topological polar surface area (TPSA) is 0 Å². The summed E-state index contributed by atoms with van der Waals surface area (Å²) in [5, 5.41) is 0. The van der Waals surface area contributed by atoms with Crippen molar-refractivity contribution in [3.05, 3.63) is 88.5 Å². The van der Waals surface area contributed by atoms with Crippen LogP contribution in [0.25, 0.3) is 28.3 Å². The van der Waals surface area contributed by atoms with Gasteiger partial charge in [0.15, 0.2) is 0 Å². The molecule has 1 aliphatic heterocycles. The normalized spacial score (nSPS) is 23.0. The maximum Gasteiger partial charge on any atom is 0.0589 e. The Morgan fingerprint density at radius 3 is 2.04 bits per heavy atom. The Kier molecular flexibility index (Phi) is 3.30. The number of hydrogen-bond acceptors (Lipinski definition) is 0. The van der Waals surface area contributed by atoms with Crippen LogP contribution in [0.4, 0.5) is 0 Å². The fraction of sp³-hybridized carbons (Fsp3) is 0.259. The zero-order valence-electron chi connectivity index (χ0n) is 16.9. The van der Waals surface area contributed by atoms with Gasteiger partial charge in [0.2, 0.25) is 0 Å². The van der Waals surface area contributed by atoms with Crippen LogP contribution in [0, 0.1) is 0 Å². The van der Waals surface area contributed by atoms with Gasteiger partial charge in [-0.2, -0.15) is 0 Å². The van der Waals surface area contributed by atoms with E-state index in [1.165, 1.54) is 28.7 Å². The third kappa shape index (κ3) is 2.11. The van der Waals surface area contributed by atoms with Crippen molar-refractivity contribution in [2.75, 3.05) is 0 Å². The van der Waals surface area contributed by atoms with E-state index in [0.717, 1.165) is 17.5 Å². The number of allylic oxidation sites excluding steroid dienone is 1. The highest BCUT2D eigenvalue weighted by Gasteiger charge is 2.64. The van der Waals surface area contributed by atoms with E-state index in [2.05, 4.69) is 86.8 Å². The summed E-state index contributed by atoms with van der Waals surface area (Å²) in [5.41, 5.74) is 15.7. The van der Waals surface area contributed by atoms with Crippen LogP contribution in [0.5, 0.6) is 0 Å². The average Bonchev–Trinajstić information content (AvgIpc) is 3.04. The first-order chi connectivity index (χ1) is 13.6. The molecule has 1 fully saturated rings. The second-order valence-corrected chi connectivity index (χ2v) is 14.5. The Bertz CT molecular complexity index is 1140. The van der Waals surface area contributed by atoms with Crippen molar-refractivity contribution >= 4 is 14.1 Å². The van der Waals surface area contributed by atoms with Crippen molar-refractivity contribution in [1.82, 2.24) is 0 Å². The van der Waals surface area contributed by atoms with E-state index in [0.29, 0.717) is 0 Å². The van der Waals surface area contributed by atoms with Gasteiger partial charge in [0, 0.05) is 0 Å². The van der Waals surface area contributed by atoms with Crippen LogP contribution in [0.3, 0.4) is 0 Å². The van der Waals surface area contributed by atoms with Gasteiger partial charge >= 0.3 is 0 Å². The Hall–Kier alpha value is -2.38. The quantitative estimate of drug-likeness (QED) is 0.412. The minimum atomic E-state index is -1.12. The molecular formula is C27H26Si. The fourth-order valence-corrected chi connectivity index (χ4v) is 10.7. The summed E-state index contributed by atoms with van der Waals surface area (Å²) >= 11 is 0. The standard InChI is InChI=1S/C27H26Si/c1-17-14-20-21(15-17)25(19-12-8-5-9-13-19)26-22(16-23-27(26)28(23,2)3)24(20)18-10-6-4-7-11-18/h4-13,15,23,27H,14,16H2,1-3H3. The predicted molar refractivity (Wildman–Crippen MR) is 122 cm³/mol. The van der Waals surface area contributed by atoms with Gasteiger partial charge in [0.25, 0.3) is 0 Å². The summed E-state index contributed by atoms with van der Waals surface area (Å²) in [5.74, 6) is 0. The molecule has 1 saturated heterocycles. The van der Waals surface area contributed by atoms with Crippen LogP contribution >= 0.6 is 0 Å². The number of rotatable bonds is 2. The summed E-state index contributed by atoms with van der Waals surface area (Å²) in [6.07, 6.45) is 4.88. The van der Waals surface area contributed by atoms with Crippen molar-refractivity contribution in [3.63, 3.8) is 0 Å². The second kappa shape index (κ2) is 5.58. The van der Waals surface area contributed by atoms with Gasteiger partial charge in [-0.1, -0.05) is 85.4 Å². The van der Waals surface area contributed by atoms with E-state index in [-0.39, 0.29) is 0 Å². The first-order valence-electron chi connectivity index (χ1n) is 10.6. The SMILES string of the molecule is CC1=Cc2c(c(-c3ccccc3)c3c(c2-c2ccccc2)C2C(C3)[Si]2(C)C)C1. The highest BCUT2D eigenvalue weighted by molar-refractivity contribution is 6.91. The van der Waals surface area contributed by atoms with Crippen molar-refractivity contribution in [1.29, 1.82) is 0 Å². The zero-order valence-corrected chi connectivity index (χ0v) is 17.9. The molecule has 0 saturated carbocycles. The molecule has 1 heteroatoms. The first kappa shape index (κ1) is 16.6. The molecule has 2 unspecified atom stereocenters. The molecule has 3 aromatic rings. The van der Waals surface area contributed by atoms with Crippen LogP contribution in [0.15, 0.2) is 66.2 Å². The lowest BCUT2D eigenvalue weighted by Gasteiger charge is -2.24. The molecule has 0 amide bonds. The minimum absolute atomic E-state index is 0.847. The maximum atomic E-state index is 2.61. The molecule has 2 aliphatic carbocycles. The monoisotopic (exact) mass is 378 g/mol. The molecular weight excluding hydrogens is 352 g/mol. The third-order valence-corrected chi connectivity index (χ3v) is 11.9. The highest BCUT2D eigenvalue weighted by atomic mass is 28.3. The van der Waals surface area contributed by atoms with Crippen LogP contribution in [-0.4, -0.2) is 8.07 Å². The summed E-state index contributed by atoms with van der Waals surface area (Å²) in [6, 6.07) is 22.4. The second-order valence-electron chi connectivity index (χ2n) is 9.54. The molecule has 0 aromatic heterocycles. The largest absolute Gasteiger partial charge is 0.0687 e. The lowest BCUT2D eigenvalue weighted by Crippen LogP contribution is -2.14. The smallest absolute Gasteiger partial charge is 0.0589 e. The maximum absolute atomic E-state index is 2.61. The molecule has 3 aliphatic rings. The first-order valence-corrected chi connectivity index (χ1v) is 13.7. The zero-order chi connectivity index (χ0) is 19.0. The summed E-state index contributed by atoms with van der Waals surface area (Å²) < 4.78 is 0. The predicted octanol–water partition coefficient (Wildman–Crippen LogP) is 7.25. The molecule has 1 heterocycles.